The SMILES string of the molecule is CC1(C)c2occc2-n2c3ccc(B(O)O)cc3c3cccc1c32. The fraction of sp³-hybridized carbons (Fsp3) is 0.158. The summed E-state index contributed by atoms with van der Waals surface area (Å²) in [5.41, 5.74) is 4.75. The monoisotopic (exact) mass is 317 g/mol. The fourth-order valence-corrected chi connectivity index (χ4v) is 4.07. The molecule has 4 aromatic rings. The first-order valence-electron chi connectivity index (χ1n) is 8.02. The van der Waals surface area contributed by atoms with Crippen LogP contribution in [0.4, 0.5) is 0 Å². The van der Waals surface area contributed by atoms with E-state index in [1.165, 1.54) is 5.56 Å². The van der Waals surface area contributed by atoms with Gasteiger partial charge in [-0.1, -0.05) is 30.3 Å². The summed E-state index contributed by atoms with van der Waals surface area (Å²) in [7, 11) is -1.47. The maximum Gasteiger partial charge on any atom is 0.488 e. The highest BCUT2D eigenvalue weighted by Gasteiger charge is 2.37. The molecule has 0 fully saturated rings. The number of aromatic nitrogens is 1. The van der Waals surface area contributed by atoms with E-state index in [0.29, 0.717) is 5.46 Å². The van der Waals surface area contributed by atoms with Crippen LogP contribution in [-0.2, 0) is 5.41 Å². The molecule has 0 unspecified atom stereocenters. The Morgan fingerprint density at radius 1 is 1.04 bits per heavy atom. The van der Waals surface area contributed by atoms with Crippen LogP contribution in [0.1, 0.15) is 25.2 Å². The van der Waals surface area contributed by atoms with Crippen molar-refractivity contribution in [3.05, 3.63) is 60.1 Å². The van der Waals surface area contributed by atoms with Gasteiger partial charge in [0.25, 0.3) is 0 Å². The molecule has 0 atom stereocenters. The maximum atomic E-state index is 9.53. The lowest BCUT2D eigenvalue weighted by molar-refractivity contribution is 0.425. The number of para-hydroxylation sites is 1. The molecule has 2 N–H and O–H groups in total. The molecule has 0 bridgehead atoms. The third kappa shape index (κ3) is 1.51. The highest BCUT2D eigenvalue weighted by atomic mass is 16.4. The van der Waals surface area contributed by atoms with Crippen molar-refractivity contribution in [2.24, 2.45) is 0 Å². The Morgan fingerprint density at radius 3 is 2.67 bits per heavy atom. The minimum atomic E-state index is -1.47. The van der Waals surface area contributed by atoms with Crippen LogP contribution in [0.2, 0.25) is 0 Å². The molecule has 0 aliphatic carbocycles. The van der Waals surface area contributed by atoms with Crippen LogP contribution in [0.25, 0.3) is 27.5 Å². The van der Waals surface area contributed by atoms with E-state index in [9.17, 15) is 10.0 Å². The maximum absolute atomic E-state index is 9.53. The van der Waals surface area contributed by atoms with E-state index in [0.717, 1.165) is 33.3 Å². The Bertz CT molecular complexity index is 1120. The average Bonchev–Trinajstić information content (AvgIpc) is 3.16. The Hall–Kier alpha value is -2.50. The average molecular weight is 317 g/mol. The van der Waals surface area contributed by atoms with Gasteiger partial charge in [-0.25, -0.2) is 0 Å². The number of fused-ring (bicyclic) bond motifs is 5. The number of benzene rings is 2. The molecule has 0 saturated carbocycles. The number of furan rings is 1. The molecule has 0 radical (unpaired) electrons. The van der Waals surface area contributed by atoms with Crippen molar-refractivity contribution in [3.8, 4) is 5.69 Å². The van der Waals surface area contributed by atoms with Gasteiger partial charge in [-0.05, 0) is 30.9 Å². The summed E-state index contributed by atoms with van der Waals surface area (Å²) in [6, 6.07) is 13.9. The van der Waals surface area contributed by atoms with Crippen molar-refractivity contribution in [3.63, 3.8) is 0 Å². The molecule has 5 heteroatoms. The predicted molar refractivity (Wildman–Crippen MR) is 95.0 cm³/mol. The lowest BCUT2D eigenvalue weighted by Gasteiger charge is -2.30. The number of nitrogens with zero attached hydrogens (tertiary/aromatic N) is 1. The standard InChI is InChI=1S/C19H16BNO3/c1-19(2)14-5-3-4-12-13-10-11(20(22)23)6-7-15(13)21(17(12)14)16-8-9-24-18(16)19/h3-10,22-23H,1-2H3. The van der Waals surface area contributed by atoms with Crippen LogP contribution >= 0.6 is 0 Å². The van der Waals surface area contributed by atoms with Gasteiger partial charge in [0.05, 0.1) is 28.4 Å². The van der Waals surface area contributed by atoms with Gasteiger partial charge in [0.1, 0.15) is 5.76 Å². The summed E-state index contributed by atoms with van der Waals surface area (Å²) >= 11 is 0. The molecule has 5 rings (SSSR count). The number of rotatable bonds is 1. The first-order chi connectivity index (χ1) is 11.5. The van der Waals surface area contributed by atoms with Crippen molar-refractivity contribution >= 4 is 34.4 Å². The summed E-state index contributed by atoms with van der Waals surface area (Å²) in [5, 5.41) is 21.2. The lowest BCUT2D eigenvalue weighted by atomic mass is 9.78. The van der Waals surface area contributed by atoms with Crippen LogP contribution in [-0.4, -0.2) is 21.7 Å². The minimum Gasteiger partial charge on any atom is -0.466 e. The van der Waals surface area contributed by atoms with Crippen LogP contribution < -0.4 is 5.46 Å². The van der Waals surface area contributed by atoms with Crippen molar-refractivity contribution < 1.29 is 14.5 Å². The highest BCUT2D eigenvalue weighted by molar-refractivity contribution is 6.59. The normalized spacial score (nSPS) is 15.0. The Balaban J connectivity index is 2.04. The molecule has 0 amide bonds. The van der Waals surface area contributed by atoms with Crippen LogP contribution in [0.5, 0.6) is 0 Å². The smallest absolute Gasteiger partial charge is 0.466 e. The van der Waals surface area contributed by atoms with Gasteiger partial charge in [0.2, 0.25) is 0 Å². The van der Waals surface area contributed by atoms with E-state index in [-0.39, 0.29) is 5.41 Å². The Morgan fingerprint density at radius 2 is 1.88 bits per heavy atom. The molecule has 2 aromatic heterocycles. The fourth-order valence-electron chi connectivity index (χ4n) is 4.07. The molecule has 1 aliphatic rings. The van der Waals surface area contributed by atoms with Crippen molar-refractivity contribution in [1.29, 1.82) is 0 Å². The number of hydrogen-bond acceptors (Lipinski definition) is 3. The molecule has 24 heavy (non-hydrogen) atoms. The van der Waals surface area contributed by atoms with Gasteiger partial charge in [-0.3, -0.25) is 0 Å². The second kappa shape index (κ2) is 4.32. The summed E-state index contributed by atoms with van der Waals surface area (Å²) in [4.78, 5) is 0. The van der Waals surface area contributed by atoms with Gasteiger partial charge < -0.3 is 19.0 Å². The molecule has 4 nitrogen and oxygen atoms in total. The summed E-state index contributed by atoms with van der Waals surface area (Å²) in [6.07, 6.45) is 1.74. The second-order valence-corrected chi connectivity index (χ2v) is 6.95. The van der Waals surface area contributed by atoms with Gasteiger partial charge in [0, 0.05) is 16.8 Å². The van der Waals surface area contributed by atoms with E-state index in [2.05, 4.69) is 36.6 Å². The molecule has 0 saturated heterocycles. The molecular weight excluding hydrogens is 301 g/mol. The molecular formula is C19H16BNO3. The van der Waals surface area contributed by atoms with Crippen molar-refractivity contribution in [2.45, 2.75) is 19.3 Å². The Labute approximate surface area is 139 Å². The molecule has 3 heterocycles. The second-order valence-electron chi connectivity index (χ2n) is 6.95. The summed E-state index contributed by atoms with van der Waals surface area (Å²) in [6.45, 7) is 4.35. The van der Waals surface area contributed by atoms with Gasteiger partial charge in [-0.2, -0.15) is 0 Å². The van der Waals surface area contributed by atoms with E-state index in [1.54, 1.807) is 12.3 Å². The minimum absolute atomic E-state index is 0.220. The van der Waals surface area contributed by atoms with Gasteiger partial charge in [-0.15, -0.1) is 0 Å². The third-order valence-electron chi connectivity index (χ3n) is 5.24. The topological polar surface area (TPSA) is 58.5 Å². The van der Waals surface area contributed by atoms with E-state index < -0.39 is 7.12 Å². The van der Waals surface area contributed by atoms with E-state index in [4.69, 9.17) is 4.42 Å². The van der Waals surface area contributed by atoms with E-state index in [1.807, 2.05) is 18.2 Å². The summed E-state index contributed by atoms with van der Waals surface area (Å²) in [5.74, 6) is 0.950. The van der Waals surface area contributed by atoms with Crippen molar-refractivity contribution in [1.82, 2.24) is 4.57 Å². The molecule has 2 aromatic carbocycles. The largest absolute Gasteiger partial charge is 0.488 e. The Kier molecular flexibility index (Phi) is 2.50. The van der Waals surface area contributed by atoms with Crippen LogP contribution in [0.3, 0.4) is 0 Å². The predicted octanol–water partition coefficient (Wildman–Crippen LogP) is 2.70. The molecule has 118 valence electrons. The van der Waals surface area contributed by atoms with Crippen molar-refractivity contribution in [2.75, 3.05) is 0 Å². The zero-order chi connectivity index (χ0) is 16.6. The van der Waals surface area contributed by atoms with E-state index >= 15 is 0 Å². The van der Waals surface area contributed by atoms with Gasteiger partial charge in [0.15, 0.2) is 0 Å². The first kappa shape index (κ1) is 13.9. The molecule has 1 aliphatic heterocycles. The zero-order valence-electron chi connectivity index (χ0n) is 13.4. The lowest BCUT2D eigenvalue weighted by Crippen LogP contribution is -2.29. The van der Waals surface area contributed by atoms with Crippen LogP contribution in [0.15, 0.2) is 53.1 Å². The third-order valence-corrected chi connectivity index (χ3v) is 5.24. The van der Waals surface area contributed by atoms with Gasteiger partial charge >= 0.3 is 7.12 Å². The summed E-state index contributed by atoms with van der Waals surface area (Å²) < 4.78 is 8.06. The number of hydrogen-bond donors (Lipinski definition) is 2. The molecule has 0 spiro atoms. The highest BCUT2D eigenvalue weighted by Crippen LogP contribution is 2.47. The first-order valence-corrected chi connectivity index (χ1v) is 8.02. The van der Waals surface area contributed by atoms with Crippen LogP contribution in [0, 0.1) is 0 Å². The zero-order valence-corrected chi connectivity index (χ0v) is 13.4. The quantitative estimate of drug-likeness (QED) is 0.531.